The largest absolute Gasteiger partial charge is 0.398 e. The van der Waals surface area contributed by atoms with Crippen LogP contribution in [0.1, 0.15) is 43.5 Å². The van der Waals surface area contributed by atoms with Gasteiger partial charge in [-0.05, 0) is 51.3 Å². The number of piperidine rings is 1. The highest BCUT2D eigenvalue weighted by atomic mass is 35.5. The van der Waals surface area contributed by atoms with Crippen molar-refractivity contribution in [3.8, 4) is 0 Å². The van der Waals surface area contributed by atoms with Crippen LogP contribution >= 0.6 is 11.6 Å². The summed E-state index contributed by atoms with van der Waals surface area (Å²) in [7, 11) is 0. The lowest BCUT2D eigenvalue weighted by molar-refractivity contribution is 0.0512. The molecule has 0 aliphatic carbocycles. The van der Waals surface area contributed by atoms with E-state index in [-0.39, 0.29) is 18.0 Å². The highest BCUT2D eigenvalue weighted by molar-refractivity contribution is 6.31. The van der Waals surface area contributed by atoms with E-state index in [1.165, 1.54) is 6.42 Å². The Kier molecular flexibility index (Phi) is 3.81. The summed E-state index contributed by atoms with van der Waals surface area (Å²) < 4.78 is 0. The van der Waals surface area contributed by atoms with Gasteiger partial charge in [-0.2, -0.15) is 0 Å². The van der Waals surface area contributed by atoms with Crippen molar-refractivity contribution >= 4 is 23.2 Å². The van der Waals surface area contributed by atoms with Crippen LogP contribution in [0.3, 0.4) is 0 Å². The third-order valence-electron chi connectivity index (χ3n) is 3.67. The van der Waals surface area contributed by atoms with Crippen molar-refractivity contribution in [2.24, 2.45) is 0 Å². The number of amides is 1. The first-order valence-corrected chi connectivity index (χ1v) is 6.76. The van der Waals surface area contributed by atoms with Gasteiger partial charge in [0.1, 0.15) is 0 Å². The Bertz CT molecular complexity index is 451. The molecular formula is C14H19ClN2O. The summed E-state index contributed by atoms with van der Waals surface area (Å²) in [5, 5.41) is 0.559. The van der Waals surface area contributed by atoms with E-state index in [4.69, 9.17) is 17.3 Å². The van der Waals surface area contributed by atoms with E-state index in [0.717, 1.165) is 12.8 Å². The Labute approximate surface area is 113 Å². The average Bonchev–Trinajstić information content (AvgIpc) is 2.28. The molecule has 2 N–H and O–H groups in total. The number of rotatable bonds is 1. The van der Waals surface area contributed by atoms with Crippen molar-refractivity contribution in [1.29, 1.82) is 0 Å². The van der Waals surface area contributed by atoms with Crippen LogP contribution in [0.2, 0.25) is 5.02 Å². The van der Waals surface area contributed by atoms with E-state index in [2.05, 4.69) is 13.8 Å². The molecule has 0 bridgehead atoms. The Morgan fingerprint density at radius 2 is 1.94 bits per heavy atom. The van der Waals surface area contributed by atoms with Gasteiger partial charge in [0.15, 0.2) is 0 Å². The van der Waals surface area contributed by atoms with Crippen LogP contribution < -0.4 is 5.73 Å². The predicted molar refractivity (Wildman–Crippen MR) is 74.8 cm³/mol. The summed E-state index contributed by atoms with van der Waals surface area (Å²) in [6.45, 7) is 4.19. The van der Waals surface area contributed by atoms with Crippen molar-refractivity contribution in [1.82, 2.24) is 4.90 Å². The molecule has 0 saturated carbocycles. The minimum Gasteiger partial charge on any atom is -0.398 e. The maximum absolute atomic E-state index is 12.6. The Balaban J connectivity index is 2.29. The molecule has 1 aliphatic rings. The number of nitrogens with two attached hydrogens (primary N) is 1. The lowest BCUT2D eigenvalue weighted by Gasteiger charge is -2.39. The fourth-order valence-corrected chi connectivity index (χ4v) is 2.87. The SMILES string of the molecule is C[C@H]1CCC[C@H](C)N1C(=O)c1ccc(Cl)cc1N. The Morgan fingerprint density at radius 1 is 1.33 bits per heavy atom. The van der Waals surface area contributed by atoms with Gasteiger partial charge in [-0.3, -0.25) is 4.79 Å². The summed E-state index contributed by atoms with van der Waals surface area (Å²) in [6, 6.07) is 5.61. The van der Waals surface area contributed by atoms with Crippen LogP contribution in [0.15, 0.2) is 18.2 Å². The molecular weight excluding hydrogens is 248 g/mol. The molecule has 0 spiro atoms. The standard InChI is InChI=1S/C14H19ClN2O/c1-9-4-3-5-10(2)17(9)14(18)12-7-6-11(15)8-13(12)16/h6-10H,3-5,16H2,1-2H3/t9-,10-/m0/s1. The number of halogens is 1. The van der Waals surface area contributed by atoms with Crippen LogP contribution in [-0.2, 0) is 0 Å². The van der Waals surface area contributed by atoms with Crippen LogP contribution in [0.25, 0.3) is 0 Å². The van der Waals surface area contributed by atoms with Crippen molar-refractivity contribution in [2.75, 3.05) is 5.73 Å². The monoisotopic (exact) mass is 266 g/mol. The Morgan fingerprint density at radius 3 is 2.50 bits per heavy atom. The van der Waals surface area contributed by atoms with E-state index in [1.807, 2.05) is 4.90 Å². The number of carbonyl (C=O) groups is 1. The smallest absolute Gasteiger partial charge is 0.256 e. The normalized spacial score (nSPS) is 24.1. The quantitative estimate of drug-likeness (QED) is 0.793. The van der Waals surface area contributed by atoms with Crippen LogP contribution in [-0.4, -0.2) is 22.9 Å². The van der Waals surface area contributed by atoms with Gasteiger partial charge in [0, 0.05) is 22.8 Å². The van der Waals surface area contributed by atoms with Crippen molar-refractivity contribution < 1.29 is 4.79 Å². The lowest BCUT2D eigenvalue weighted by Crippen LogP contribution is -2.47. The topological polar surface area (TPSA) is 46.3 Å². The summed E-state index contributed by atoms with van der Waals surface area (Å²) in [5.41, 5.74) is 6.90. The maximum atomic E-state index is 12.6. The summed E-state index contributed by atoms with van der Waals surface area (Å²) in [6.07, 6.45) is 3.30. The third kappa shape index (κ3) is 2.46. The predicted octanol–water partition coefficient (Wildman–Crippen LogP) is 3.33. The molecule has 2 rings (SSSR count). The number of hydrogen-bond acceptors (Lipinski definition) is 2. The minimum atomic E-state index is 0.0175. The van der Waals surface area contributed by atoms with Gasteiger partial charge in [0.05, 0.1) is 5.56 Å². The first kappa shape index (κ1) is 13.2. The fourth-order valence-electron chi connectivity index (χ4n) is 2.69. The second kappa shape index (κ2) is 5.19. The fraction of sp³-hybridized carbons (Fsp3) is 0.500. The molecule has 0 radical (unpaired) electrons. The Hall–Kier alpha value is -1.22. The molecule has 1 aromatic rings. The molecule has 1 aliphatic heterocycles. The zero-order chi connectivity index (χ0) is 13.3. The highest BCUT2D eigenvalue weighted by Crippen LogP contribution is 2.27. The van der Waals surface area contributed by atoms with Crippen molar-refractivity contribution in [3.63, 3.8) is 0 Å². The molecule has 2 atom stereocenters. The number of likely N-dealkylation sites (tertiary alicyclic amines) is 1. The van der Waals surface area contributed by atoms with E-state index in [9.17, 15) is 4.79 Å². The maximum Gasteiger partial charge on any atom is 0.256 e. The molecule has 4 heteroatoms. The van der Waals surface area contributed by atoms with Crippen LogP contribution in [0.5, 0.6) is 0 Å². The van der Waals surface area contributed by atoms with Gasteiger partial charge in [0.2, 0.25) is 0 Å². The molecule has 98 valence electrons. The van der Waals surface area contributed by atoms with Crippen LogP contribution in [0, 0.1) is 0 Å². The number of anilines is 1. The van der Waals surface area contributed by atoms with Gasteiger partial charge >= 0.3 is 0 Å². The van der Waals surface area contributed by atoms with Gasteiger partial charge in [0.25, 0.3) is 5.91 Å². The third-order valence-corrected chi connectivity index (χ3v) is 3.91. The molecule has 1 fully saturated rings. The number of benzene rings is 1. The molecule has 1 saturated heterocycles. The zero-order valence-corrected chi connectivity index (χ0v) is 11.6. The molecule has 1 heterocycles. The summed E-state index contributed by atoms with van der Waals surface area (Å²) in [4.78, 5) is 14.5. The van der Waals surface area contributed by atoms with E-state index >= 15 is 0 Å². The van der Waals surface area contributed by atoms with Crippen molar-refractivity contribution in [2.45, 2.75) is 45.2 Å². The first-order chi connectivity index (χ1) is 8.50. The number of nitrogen functional groups attached to an aromatic ring is 1. The number of hydrogen-bond donors (Lipinski definition) is 1. The van der Waals surface area contributed by atoms with Gasteiger partial charge in [-0.15, -0.1) is 0 Å². The summed E-state index contributed by atoms with van der Waals surface area (Å²) >= 11 is 5.86. The van der Waals surface area contributed by atoms with Gasteiger partial charge in [-0.25, -0.2) is 0 Å². The highest BCUT2D eigenvalue weighted by Gasteiger charge is 2.30. The number of nitrogens with zero attached hydrogens (tertiary/aromatic N) is 1. The molecule has 18 heavy (non-hydrogen) atoms. The van der Waals surface area contributed by atoms with E-state index < -0.39 is 0 Å². The molecule has 1 aromatic carbocycles. The first-order valence-electron chi connectivity index (χ1n) is 6.38. The summed E-state index contributed by atoms with van der Waals surface area (Å²) in [5.74, 6) is 0.0175. The molecule has 0 aromatic heterocycles. The van der Waals surface area contributed by atoms with Crippen LogP contribution in [0.4, 0.5) is 5.69 Å². The van der Waals surface area contributed by atoms with Gasteiger partial charge in [-0.1, -0.05) is 11.6 Å². The molecule has 0 unspecified atom stereocenters. The second-order valence-corrected chi connectivity index (χ2v) is 5.51. The molecule has 3 nitrogen and oxygen atoms in total. The van der Waals surface area contributed by atoms with E-state index in [0.29, 0.717) is 16.3 Å². The zero-order valence-electron chi connectivity index (χ0n) is 10.8. The average molecular weight is 267 g/mol. The van der Waals surface area contributed by atoms with Crippen molar-refractivity contribution in [3.05, 3.63) is 28.8 Å². The number of carbonyl (C=O) groups excluding carboxylic acids is 1. The minimum absolute atomic E-state index is 0.0175. The van der Waals surface area contributed by atoms with Gasteiger partial charge < -0.3 is 10.6 Å². The lowest BCUT2D eigenvalue weighted by atomic mass is 9.96. The molecule has 1 amide bonds. The van der Waals surface area contributed by atoms with E-state index in [1.54, 1.807) is 18.2 Å². The second-order valence-electron chi connectivity index (χ2n) is 5.07.